The summed E-state index contributed by atoms with van der Waals surface area (Å²) in [6.45, 7) is 0. The van der Waals surface area contributed by atoms with Crippen molar-refractivity contribution < 1.29 is 4.79 Å². The average molecular weight is 273 g/mol. The molecule has 2 heterocycles. The standard InChI is InChI=1S/C15H13ClN2O/c16-12-7-3-9-18-14(12)15(19)11-6-1-4-10-5-2-8-17-13(10)11/h2-3,5,7-9,11H,1,4,6H2. The van der Waals surface area contributed by atoms with Crippen LogP contribution in [0.2, 0.25) is 5.02 Å². The SMILES string of the molecule is O=C(c1ncccc1Cl)C1CCCc2cccnc21. The summed E-state index contributed by atoms with van der Waals surface area (Å²) in [6.07, 6.45) is 6.14. The zero-order valence-electron chi connectivity index (χ0n) is 10.3. The Morgan fingerprint density at radius 1 is 1.21 bits per heavy atom. The van der Waals surface area contributed by atoms with Gasteiger partial charge in [0.1, 0.15) is 5.69 Å². The summed E-state index contributed by atoms with van der Waals surface area (Å²) in [7, 11) is 0. The number of rotatable bonds is 2. The molecule has 2 aromatic heterocycles. The molecular formula is C15H13ClN2O. The summed E-state index contributed by atoms with van der Waals surface area (Å²) in [5.41, 5.74) is 2.41. The van der Waals surface area contributed by atoms with Crippen molar-refractivity contribution in [3.05, 3.63) is 58.6 Å². The second kappa shape index (κ2) is 5.10. The minimum absolute atomic E-state index is 0.0229. The van der Waals surface area contributed by atoms with Gasteiger partial charge in [0.05, 0.1) is 16.6 Å². The van der Waals surface area contributed by atoms with Crippen LogP contribution in [0.1, 0.15) is 40.5 Å². The highest BCUT2D eigenvalue weighted by Gasteiger charge is 2.30. The van der Waals surface area contributed by atoms with Gasteiger partial charge in [-0.05, 0) is 43.0 Å². The minimum Gasteiger partial charge on any atom is -0.292 e. The lowest BCUT2D eigenvalue weighted by Gasteiger charge is -2.23. The first-order valence-electron chi connectivity index (χ1n) is 6.36. The molecule has 2 aromatic rings. The fraction of sp³-hybridized carbons (Fsp3) is 0.267. The first kappa shape index (κ1) is 12.3. The molecule has 0 bridgehead atoms. The number of fused-ring (bicyclic) bond motifs is 1. The Kier molecular flexibility index (Phi) is 3.30. The molecule has 3 nitrogen and oxygen atoms in total. The molecule has 0 spiro atoms. The number of hydrogen-bond donors (Lipinski definition) is 0. The Hall–Kier alpha value is -1.74. The Morgan fingerprint density at radius 2 is 2.00 bits per heavy atom. The van der Waals surface area contributed by atoms with E-state index in [1.165, 1.54) is 5.56 Å². The van der Waals surface area contributed by atoms with Gasteiger partial charge in [-0.15, -0.1) is 0 Å². The van der Waals surface area contributed by atoms with E-state index in [-0.39, 0.29) is 11.7 Å². The Balaban J connectivity index is 2.00. The van der Waals surface area contributed by atoms with E-state index >= 15 is 0 Å². The molecule has 0 saturated carbocycles. The molecule has 0 radical (unpaired) electrons. The minimum atomic E-state index is -0.211. The number of aryl methyl sites for hydroxylation is 1. The fourth-order valence-electron chi connectivity index (χ4n) is 2.60. The second-order valence-corrected chi connectivity index (χ2v) is 5.10. The normalized spacial score (nSPS) is 17.8. The van der Waals surface area contributed by atoms with Gasteiger partial charge in [0.15, 0.2) is 5.78 Å². The molecule has 0 amide bonds. The van der Waals surface area contributed by atoms with E-state index in [2.05, 4.69) is 9.97 Å². The smallest absolute Gasteiger partial charge is 0.191 e. The number of carbonyl (C=O) groups is 1. The molecule has 4 heteroatoms. The first-order valence-corrected chi connectivity index (χ1v) is 6.73. The van der Waals surface area contributed by atoms with E-state index in [1.54, 1.807) is 24.5 Å². The summed E-state index contributed by atoms with van der Waals surface area (Å²) in [5, 5.41) is 0.413. The Morgan fingerprint density at radius 3 is 2.84 bits per heavy atom. The molecule has 1 aliphatic carbocycles. The van der Waals surface area contributed by atoms with Crippen LogP contribution in [0.25, 0.3) is 0 Å². The zero-order chi connectivity index (χ0) is 13.2. The summed E-state index contributed by atoms with van der Waals surface area (Å²) in [4.78, 5) is 21.1. The molecule has 0 fully saturated rings. The van der Waals surface area contributed by atoms with Crippen molar-refractivity contribution in [3.63, 3.8) is 0 Å². The maximum atomic E-state index is 12.6. The molecule has 0 aromatic carbocycles. The van der Waals surface area contributed by atoms with Gasteiger partial charge in [0, 0.05) is 12.4 Å². The van der Waals surface area contributed by atoms with Gasteiger partial charge >= 0.3 is 0 Å². The molecule has 0 N–H and O–H groups in total. The van der Waals surface area contributed by atoms with Crippen molar-refractivity contribution in [3.8, 4) is 0 Å². The highest BCUT2D eigenvalue weighted by Crippen LogP contribution is 2.33. The molecular weight excluding hydrogens is 260 g/mol. The number of halogens is 1. The van der Waals surface area contributed by atoms with E-state index in [0.717, 1.165) is 25.0 Å². The molecule has 1 aliphatic rings. The predicted molar refractivity (Wildman–Crippen MR) is 73.5 cm³/mol. The van der Waals surface area contributed by atoms with Gasteiger partial charge in [-0.2, -0.15) is 0 Å². The van der Waals surface area contributed by atoms with E-state index < -0.39 is 0 Å². The van der Waals surface area contributed by atoms with Gasteiger partial charge in [0.25, 0.3) is 0 Å². The lowest BCUT2D eigenvalue weighted by Crippen LogP contribution is -2.21. The second-order valence-electron chi connectivity index (χ2n) is 4.69. The Bertz CT molecular complexity index is 627. The van der Waals surface area contributed by atoms with Crippen LogP contribution in [0, 0.1) is 0 Å². The van der Waals surface area contributed by atoms with Gasteiger partial charge in [-0.1, -0.05) is 17.7 Å². The fourth-order valence-corrected chi connectivity index (χ4v) is 2.81. The number of hydrogen-bond acceptors (Lipinski definition) is 3. The van der Waals surface area contributed by atoms with Crippen molar-refractivity contribution in [2.75, 3.05) is 0 Å². The quantitative estimate of drug-likeness (QED) is 0.787. The highest BCUT2D eigenvalue weighted by atomic mass is 35.5. The van der Waals surface area contributed by atoms with Crippen LogP contribution in [-0.4, -0.2) is 15.8 Å². The lowest BCUT2D eigenvalue weighted by molar-refractivity contribution is 0.0944. The summed E-state index contributed by atoms with van der Waals surface area (Å²) in [5.74, 6) is -0.234. The van der Waals surface area contributed by atoms with Crippen molar-refractivity contribution >= 4 is 17.4 Å². The number of carbonyl (C=O) groups excluding carboxylic acids is 1. The molecule has 1 unspecified atom stereocenters. The summed E-state index contributed by atoms with van der Waals surface area (Å²) < 4.78 is 0. The number of pyridine rings is 2. The van der Waals surface area contributed by atoms with Crippen LogP contribution < -0.4 is 0 Å². The van der Waals surface area contributed by atoms with E-state index in [4.69, 9.17) is 11.6 Å². The lowest BCUT2D eigenvalue weighted by atomic mass is 9.83. The number of Topliss-reactive ketones (excluding diaryl/α,β-unsaturated/α-hetero) is 1. The van der Waals surface area contributed by atoms with Gasteiger partial charge in [-0.25, -0.2) is 0 Å². The van der Waals surface area contributed by atoms with E-state index in [9.17, 15) is 4.79 Å². The van der Waals surface area contributed by atoms with Crippen LogP contribution in [-0.2, 0) is 6.42 Å². The van der Waals surface area contributed by atoms with Gasteiger partial charge in [0.2, 0.25) is 0 Å². The van der Waals surface area contributed by atoms with Crippen LogP contribution in [0.3, 0.4) is 0 Å². The first-order chi connectivity index (χ1) is 9.27. The third-order valence-electron chi connectivity index (χ3n) is 3.50. The van der Waals surface area contributed by atoms with E-state index in [1.807, 2.05) is 12.1 Å². The van der Waals surface area contributed by atoms with Gasteiger partial charge in [-0.3, -0.25) is 14.8 Å². The predicted octanol–water partition coefficient (Wildman–Crippen LogP) is 3.43. The monoisotopic (exact) mass is 272 g/mol. The van der Waals surface area contributed by atoms with Crippen LogP contribution in [0.15, 0.2) is 36.7 Å². The molecule has 0 aliphatic heterocycles. The van der Waals surface area contributed by atoms with Crippen molar-refractivity contribution in [1.29, 1.82) is 0 Å². The van der Waals surface area contributed by atoms with Crippen molar-refractivity contribution in [2.45, 2.75) is 25.2 Å². The number of ketones is 1. The van der Waals surface area contributed by atoms with Crippen LogP contribution in [0.5, 0.6) is 0 Å². The summed E-state index contributed by atoms with van der Waals surface area (Å²) >= 11 is 6.06. The third-order valence-corrected chi connectivity index (χ3v) is 3.81. The molecule has 19 heavy (non-hydrogen) atoms. The zero-order valence-corrected chi connectivity index (χ0v) is 11.1. The molecule has 96 valence electrons. The van der Waals surface area contributed by atoms with Crippen molar-refractivity contribution in [2.24, 2.45) is 0 Å². The van der Waals surface area contributed by atoms with Gasteiger partial charge < -0.3 is 0 Å². The topological polar surface area (TPSA) is 42.9 Å². The van der Waals surface area contributed by atoms with Crippen LogP contribution >= 0.6 is 11.6 Å². The Labute approximate surface area is 116 Å². The number of nitrogens with zero attached hydrogens (tertiary/aromatic N) is 2. The maximum Gasteiger partial charge on any atom is 0.191 e. The molecule has 1 atom stereocenters. The van der Waals surface area contributed by atoms with Crippen molar-refractivity contribution in [1.82, 2.24) is 9.97 Å². The largest absolute Gasteiger partial charge is 0.292 e. The average Bonchev–Trinajstić information content (AvgIpc) is 2.46. The number of aromatic nitrogens is 2. The molecule has 3 rings (SSSR count). The third kappa shape index (κ3) is 2.26. The molecule has 0 saturated heterocycles. The maximum absolute atomic E-state index is 12.6. The highest BCUT2D eigenvalue weighted by molar-refractivity contribution is 6.33. The summed E-state index contributed by atoms with van der Waals surface area (Å²) in [6, 6.07) is 7.39. The van der Waals surface area contributed by atoms with E-state index in [0.29, 0.717) is 10.7 Å². The van der Waals surface area contributed by atoms with Crippen LogP contribution in [0.4, 0.5) is 0 Å².